The molecule has 0 atom stereocenters. The summed E-state index contributed by atoms with van der Waals surface area (Å²) in [5, 5.41) is 11.5. The third-order valence-corrected chi connectivity index (χ3v) is 4.57. The third kappa shape index (κ3) is 3.96. The minimum atomic E-state index is -2.48. The predicted octanol–water partition coefficient (Wildman–Crippen LogP) is 4.71. The van der Waals surface area contributed by atoms with E-state index >= 15 is 0 Å². The van der Waals surface area contributed by atoms with Crippen LogP contribution in [0.5, 0.6) is 0 Å². The lowest BCUT2D eigenvalue weighted by molar-refractivity contribution is 0.102. The summed E-state index contributed by atoms with van der Waals surface area (Å²) >= 11 is 2.01. The van der Waals surface area contributed by atoms with Gasteiger partial charge >= 0.3 is 0 Å². The molecule has 0 aliphatic heterocycles. The number of thiophene rings is 1. The number of anilines is 1. The van der Waals surface area contributed by atoms with Gasteiger partial charge in [-0.15, -0.1) is 11.3 Å². The maximum Gasteiger partial charge on any atom is 0.288 e. The number of nitrogens with one attached hydrogen (secondary N) is 2. The van der Waals surface area contributed by atoms with E-state index in [1.165, 1.54) is 24.3 Å². The van der Waals surface area contributed by atoms with E-state index in [1.54, 1.807) is 17.4 Å². The number of aromatic nitrogens is 2. The first kappa shape index (κ1) is 15.7. The van der Waals surface area contributed by atoms with Crippen LogP contribution in [-0.4, -0.2) is 21.9 Å². The van der Waals surface area contributed by atoms with Crippen molar-refractivity contribution >= 4 is 34.8 Å². The largest absolute Gasteiger partial charge is 0.305 e. The molecule has 1 amide bonds. The van der Waals surface area contributed by atoms with E-state index in [9.17, 15) is 13.6 Å². The highest BCUT2D eigenvalue weighted by atomic mass is 32.2. The van der Waals surface area contributed by atoms with Crippen LogP contribution in [-0.2, 0) is 0 Å². The summed E-state index contributed by atoms with van der Waals surface area (Å²) in [6.45, 7) is 0. The Labute approximate surface area is 138 Å². The SMILES string of the molecule is O=C(Nc1cc(-c2cccs2)[nH]n1)c1ccc(SC(F)F)cc1. The van der Waals surface area contributed by atoms with Crippen LogP contribution in [0.3, 0.4) is 0 Å². The first-order valence-electron chi connectivity index (χ1n) is 6.57. The van der Waals surface area contributed by atoms with E-state index in [4.69, 9.17) is 0 Å². The van der Waals surface area contributed by atoms with E-state index < -0.39 is 5.76 Å². The van der Waals surface area contributed by atoms with Crippen LogP contribution < -0.4 is 5.32 Å². The Balaban J connectivity index is 1.67. The summed E-state index contributed by atoms with van der Waals surface area (Å²) in [5.41, 5.74) is 1.20. The van der Waals surface area contributed by atoms with Crippen molar-refractivity contribution in [2.75, 3.05) is 5.32 Å². The van der Waals surface area contributed by atoms with Crippen molar-refractivity contribution < 1.29 is 13.6 Å². The van der Waals surface area contributed by atoms with Crippen LogP contribution in [0.15, 0.2) is 52.7 Å². The highest BCUT2D eigenvalue weighted by Gasteiger charge is 2.11. The maximum absolute atomic E-state index is 12.3. The molecule has 1 aromatic carbocycles. The lowest BCUT2D eigenvalue weighted by atomic mass is 10.2. The Morgan fingerprint density at radius 3 is 2.70 bits per heavy atom. The first-order valence-corrected chi connectivity index (χ1v) is 8.33. The van der Waals surface area contributed by atoms with Crippen LogP contribution in [0.2, 0.25) is 0 Å². The van der Waals surface area contributed by atoms with Crippen molar-refractivity contribution in [1.29, 1.82) is 0 Å². The number of hydrogen-bond acceptors (Lipinski definition) is 4. The fraction of sp³-hybridized carbons (Fsp3) is 0.0667. The van der Waals surface area contributed by atoms with Gasteiger partial charge in [-0.05, 0) is 35.7 Å². The number of carbonyl (C=O) groups is 1. The number of carbonyl (C=O) groups excluding carboxylic acids is 1. The molecule has 118 valence electrons. The van der Waals surface area contributed by atoms with Gasteiger partial charge in [-0.3, -0.25) is 9.89 Å². The lowest BCUT2D eigenvalue weighted by Crippen LogP contribution is -2.11. The van der Waals surface area contributed by atoms with Crippen LogP contribution in [0.25, 0.3) is 10.6 Å². The van der Waals surface area contributed by atoms with E-state index in [-0.39, 0.29) is 5.91 Å². The molecule has 0 aliphatic rings. The third-order valence-electron chi connectivity index (χ3n) is 2.95. The molecule has 0 unspecified atom stereocenters. The fourth-order valence-electron chi connectivity index (χ4n) is 1.92. The predicted molar refractivity (Wildman–Crippen MR) is 88.2 cm³/mol. The number of rotatable bonds is 5. The molecule has 0 bridgehead atoms. The number of halogens is 2. The molecule has 0 radical (unpaired) electrons. The van der Waals surface area contributed by atoms with Gasteiger partial charge in [0.25, 0.3) is 11.7 Å². The number of aromatic amines is 1. The second kappa shape index (κ2) is 6.93. The molecule has 3 aromatic rings. The van der Waals surface area contributed by atoms with Gasteiger partial charge in [0, 0.05) is 16.5 Å². The monoisotopic (exact) mass is 351 g/mol. The Hall–Kier alpha value is -2.19. The second-order valence-electron chi connectivity index (χ2n) is 4.50. The van der Waals surface area contributed by atoms with Crippen molar-refractivity contribution in [1.82, 2.24) is 10.2 Å². The average Bonchev–Trinajstić information content (AvgIpc) is 3.18. The van der Waals surface area contributed by atoms with Crippen LogP contribution in [0, 0.1) is 0 Å². The molecule has 0 fully saturated rings. The zero-order valence-corrected chi connectivity index (χ0v) is 13.3. The number of H-pyrrole nitrogens is 1. The quantitative estimate of drug-likeness (QED) is 0.655. The van der Waals surface area contributed by atoms with E-state index in [2.05, 4.69) is 15.5 Å². The Morgan fingerprint density at radius 2 is 2.04 bits per heavy atom. The molecule has 4 nitrogen and oxygen atoms in total. The lowest BCUT2D eigenvalue weighted by Gasteiger charge is -2.03. The molecule has 0 spiro atoms. The summed E-state index contributed by atoms with van der Waals surface area (Å²) in [6, 6.07) is 11.6. The number of alkyl halides is 2. The van der Waals surface area contributed by atoms with Crippen LogP contribution in [0.4, 0.5) is 14.6 Å². The summed E-state index contributed by atoms with van der Waals surface area (Å²) in [4.78, 5) is 13.6. The molecule has 0 saturated carbocycles. The van der Waals surface area contributed by atoms with Gasteiger partial charge < -0.3 is 5.32 Å². The summed E-state index contributed by atoms with van der Waals surface area (Å²) in [5.74, 6) is -2.42. The summed E-state index contributed by atoms with van der Waals surface area (Å²) in [7, 11) is 0. The number of benzene rings is 1. The van der Waals surface area contributed by atoms with Crippen molar-refractivity contribution in [2.24, 2.45) is 0 Å². The zero-order valence-electron chi connectivity index (χ0n) is 11.6. The molecular weight excluding hydrogens is 340 g/mol. The van der Waals surface area contributed by atoms with Gasteiger partial charge in [0.05, 0.1) is 10.6 Å². The van der Waals surface area contributed by atoms with Crippen molar-refractivity contribution in [3.63, 3.8) is 0 Å². The highest BCUT2D eigenvalue weighted by molar-refractivity contribution is 7.99. The Bertz CT molecular complexity index is 785. The molecule has 2 N–H and O–H groups in total. The first-order chi connectivity index (χ1) is 11.1. The van der Waals surface area contributed by atoms with Gasteiger partial charge in [-0.2, -0.15) is 13.9 Å². The van der Waals surface area contributed by atoms with Gasteiger partial charge in [-0.1, -0.05) is 17.8 Å². The van der Waals surface area contributed by atoms with Gasteiger partial charge in [0.15, 0.2) is 5.82 Å². The summed E-state index contributed by atoms with van der Waals surface area (Å²) < 4.78 is 24.5. The molecule has 0 aliphatic carbocycles. The average molecular weight is 351 g/mol. The maximum atomic E-state index is 12.3. The number of hydrogen-bond donors (Lipinski definition) is 2. The molecule has 8 heteroatoms. The number of nitrogens with zero attached hydrogens (tertiary/aromatic N) is 1. The van der Waals surface area contributed by atoms with Gasteiger partial charge in [0.2, 0.25) is 0 Å². The van der Waals surface area contributed by atoms with Crippen LogP contribution in [0.1, 0.15) is 10.4 Å². The Morgan fingerprint density at radius 1 is 1.26 bits per heavy atom. The summed E-state index contributed by atoms with van der Waals surface area (Å²) in [6.07, 6.45) is 0. The second-order valence-corrected chi connectivity index (χ2v) is 6.51. The molecule has 2 aromatic heterocycles. The van der Waals surface area contributed by atoms with E-state index in [0.717, 1.165) is 10.6 Å². The smallest absolute Gasteiger partial charge is 0.288 e. The zero-order chi connectivity index (χ0) is 16.2. The van der Waals surface area contributed by atoms with Crippen molar-refractivity contribution in [2.45, 2.75) is 10.7 Å². The normalized spacial score (nSPS) is 10.9. The molecular formula is C15H11F2N3OS2. The van der Waals surface area contributed by atoms with Crippen molar-refractivity contribution in [3.05, 3.63) is 53.4 Å². The van der Waals surface area contributed by atoms with E-state index in [1.807, 2.05) is 17.5 Å². The molecule has 2 heterocycles. The minimum Gasteiger partial charge on any atom is -0.305 e. The standard InChI is InChI=1S/C15H11F2N3OS2/c16-15(17)23-10-5-3-9(4-6-10)14(21)18-13-8-11(19-20-13)12-2-1-7-22-12/h1-8,15H,(H2,18,19,20,21). The fourth-order valence-corrected chi connectivity index (χ4v) is 3.11. The highest BCUT2D eigenvalue weighted by Crippen LogP contribution is 2.26. The topological polar surface area (TPSA) is 57.8 Å². The Kier molecular flexibility index (Phi) is 4.73. The molecule has 0 saturated heterocycles. The van der Waals surface area contributed by atoms with E-state index in [0.29, 0.717) is 28.0 Å². The number of thioether (sulfide) groups is 1. The van der Waals surface area contributed by atoms with Gasteiger partial charge in [0.1, 0.15) is 0 Å². The van der Waals surface area contributed by atoms with Gasteiger partial charge in [-0.25, -0.2) is 0 Å². The van der Waals surface area contributed by atoms with Crippen LogP contribution >= 0.6 is 23.1 Å². The number of amides is 1. The minimum absolute atomic E-state index is 0.345. The van der Waals surface area contributed by atoms with Crippen molar-refractivity contribution in [3.8, 4) is 10.6 Å². The molecule has 23 heavy (non-hydrogen) atoms. The molecule has 3 rings (SSSR count).